The number of aromatic hydroxyl groups is 1. The number of rotatable bonds is 2. The number of ketones is 1. The number of amides is 1. The SMILES string of the molecule is Cc1ccc(C(=O)NC2=CC(=O)C3OC3C2O)c(O)c1. The predicted molar refractivity (Wildman–Crippen MR) is 68.1 cm³/mol. The minimum atomic E-state index is -1.03. The summed E-state index contributed by atoms with van der Waals surface area (Å²) in [5, 5.41) is 22.1. The fourth-order valence-corrected chi connectivity index (χ4v) is 2.23. The van der Waals surface area contributed by atoms with Crippen LogP contribution in [-0.2, 0) is 9.53 Å². The molecule has 1 amide bonds. The molecule has 1 fully saturated rings. The Hall–Kier alpha value is -2.18. The number of benzene rings is 1. The Morgan fingerprint density at radius 2 is 2.15 bits per heavy atom. The molecule has 3 unspecified atom stereocenters. The van der Waals surface area contributed by atoms with Crippen molar-refractivity contribution in [3.05, 3.63) is 41.1 Å². The maximum atomic E-state index is 12.0. The first-order valence-corrected chi connectivity index (χ1v) is 6.17. The lowest BCUT2D eigenvalue weighted by Crippen LogP contribution is -2.37. The molecular formula is C14H13NO5. The minimum Gasteiger partial charge on any atom is -0.507 e. The van der Waals surface area contributed by atoms with Crippen LogP contribution in [0.1, 0.15) is 15.9 Å². The lowest BCUT2D eigenvalue weighted by atomic mass is 10.0. The molecule has 0 aromatic heterocycles. The number of hydrogen-bond acceptors (Lipinski definition) is 5. The lowest BCUT2D eigenvalue weighted by Gasteiger charge is -2.17. The Morgan fingerprint density at radius 1 is 1.40 bits per heavy atom. The Bertz CT molecular complexity index is 636. The van der Waals surface area contributed by atoms with E-state index in [1.165, 1.54) is 18.2 Å². The molecule has 1 aromatic carbocycles. The van der Waals surface area contributed by atoms with Crippen LogP contribution in [0.25, 0.3) is 0 Å². The van der Waals surface area contributed by atoms with Gasteiger partial charge >= 0.3 is 0 Å². The van der Waals surface area contributed by atoms with Crippen LogP contribution in [0, 0.1) is 6.92 Å². The van der Waals surface area contributed by atoms with Gasteiger partial charge in [-0.15, -0.1) is 0 Å². The number of epoxide rings is 1. The summed E-state index contributed by atoms with van der Waals surface area (Å²) in [6.07, 6.45) is -1.02. The van der Waals surface area contributed by atoms with E-state index in [4.69, 9.17) is 4.74 Å². The van der Waals surface area contributed by atoms with E-state index in [1.54, 1.807) is 13.0 Å². The molecule has 6 nitrogen and oxygen atoms in total. The van der Waals surface area contributed by atoms with Gasteiger partial charge in [0.25, 0.3) is 5.91 Å². The van der Waals surface area contributed by atoms with Gasteiger partial charge in [0, 0.05) is 6.08 Å². The van der Waals surface area contributed by atoms with Crippen LogP contribution in [0.15, 0.2) is 30.0 Å². The topological polar surface area (TPSA) is 99.2 Å². The number of phenolic OH excluding ortho intramolecular Hbond substituents is 1. The molecule has 1 aliphatic heterocycles. The molecule has 1 saturated heterocycles. The summed E-state index contributed by atoms with van der Waals surface area (Å²) in [6, 6.07) is 4.63. The summed E-state index contributed by atoms with van der Waals surface area (Å²) in [7, 11) is 0. The van der Waals surface area contributed by atoms with Gasteiger partial charge in [0.05, 0.1) is 11.3 Å². The number of ether oxygens (including phenoxy) is 1. The number of nitrogens with one attached hydrogen (secondary N) is 1. The molecule has 0 saturated carbocycles. The van der Waals surface area contributed by atoms with Gasteiger partial charge in [0.15, 0.2) is 5.78 Å². The zero-order valence-corrected chi connectivity index (χ0v) is 10.7. The van der Waals surface area contributed by atoms with Gasteiger partial charge < -0.3 is 20.3 Å². The average Bonchev–Trinajstić information content (AvgIpc) is 3.16. The van der Waals surface area contributed by atoms with Crippen LogP contribution in [0.5, 0.6) is 5.75 Å². The van der Waals surface area contributed by atoms with Crippen LogP contribution >= 0.6 is 0 Å². The Morgan fingerprint density at radius 3 is 2.85 bits per heavy atom. The molecule has 0 radical (unpaired) electrons. The number of aliphatic hydroxyl groups excluding tert-OH is 1. The van der Waals surface area contributed by atoms with Gasteiger partial charge in [-0.1, -0.05) is 6.07 Å². The molecule has 104 valence electrons. The molecule has 6 heteroatoms. The summed E-state index contributed by atoms with van der Waals surface area (Å²) < 4.78 is 5.01. The van der Waals surface area contributed by atoms with Crippen molar-refractivity contribution in [1.29, 1.82) is 0 Å². The average molecular weight is 275 g/mol. The van der Waals surface area contributed by atoms with E-state index in [2.05, 4.69) is 5.32 Å². The van der Waals surface area contributed by atoms with E-state index in [9.17, 15) is 19.8 Å². The van der Waals surface area contributed by atoms with Gasteiger partial charge in [0.1, 0.15) is 24.1 Å². The lowest BCUT2D eigenvalue weighted by molar-refractivity contribution is -0.116. The highest BCUT2D eigenvalue weighted by Crippen LogP contribution is 2.33. The number of fused-ring (bicyclic) bond motifs is 1. The number of aliphatic hydroxyl groups is 1. The fraction of sp³-hybridized carbons (Fsp3) is 0.286. The van der Waals surface area contributed by atoms with Gasteiger partial charge in [0.2, 0.25) is 0 Å². The van der Waals surface area contributed by atoms with E-state index in [0.717, 1.165) is 5.56 Å². The minimum absolute atomic E-state index is 0.0787. The smallest absolute Gasteiger partial charge is 0.259 e. The maximum absolute atomic E-state index is 12.0. The molecular weight excluding hydrogens is 262 g/mol. The third-order valence-electron chi connectivity index (χ3n) is 3.39. The highest BCUT2D eigenvalue weighted by molar-refractivity contribution is 6.01. The summed E-state index contributed by atoms with van der Waals surface area (Å²) in [5.41, 5.74) is 0.995. The predicted octanol–water partition coefficient (Wildman–Crippen LogP) is 0.0253. The number of hydrogen-bond donors (Lipinski definition) is 3. The van der Waals surface area contributed by atoms with Crippen LogP contribution in [0.4, 0.5) is 0 Å². The van der Waals surface area contributed by atoms with Crippen LogP contribution < -0.4 is 5.32 Å². The number of carbonyl (C=O) groups is 2. The molecule has 1 aliphatic carbocycles. The second-order valence-corrected chi connectivity index (χ2v) is 4.94. The number of phenols is 1. The van der Waals surface area contributed by atoms with Crippen molar-refractivity contribution in [2.45, 2.75) is 25.2 Å². The van der Waals surface area contributed by atoms with Crippen molar-refractivity contribution in [2.24, 2.45) is 0 Å². The van der Waals surface area contributed by atoms with E-state index < -0.39 is 24.2 Å². The summed E-state index contributed by atoms with van der Waals surface area (Å²) in [6.45, 7) is 1.79. The zero-order chi connectivity index (χ0) is 14.4. The Labute approximate surface area is 114 Å². The van der Waals surface area contributed by atoms with Crippen molar-refractivity contribution < 1.29 is 24.5 Å². The van der Waals surface area contributed by atoms with E-state index in [0.29, 0.717) is 0 Å². The molecule has 0 bridgehead atoms. The standard InChI is InChI=1S/C14H13NO5/c1-6-2-3-7(9(16)4-6)14(19)15-8-5-10(17)12-13(20-12)11(8)18/h2-5,11-13,16,18H,1H3,(H,15,19). The van der Waals surface area contributed by atoms with E-state index in [1.807, 2.05) is 0 Å². The van der Waals surface area contributed by atoms with Gasteiger partial charge in [-0.3, -0.25) is 9.59 Å². The zero-order valence-electron chi connectivity index (χ0n) is 10.7. The molecule has 20 heavy (non-hydrogen) atoms. The normalized spacial score (nSPS) is 27.6. The first-order valence-electron chi connectivity index (χ1n) is 6.17. The second kappa shape index (κ2) is 4.43. The highest BCUT2D eigenvalue weighted by atomic mass is 16.6. The van der Waals surface area contributed by atoms with E-state index in [-0.39, 0.29) is 22.8 Å². The van der Waals surface area contributed by atoms with Gasteiger partial charge in [-0.2, -0.15) is 0 Å². The van der Waals surface area contributed by atoms with Crippen molar-refractivity contribution in [2.75, 3.05) is 0 Å². The Balaban J connectivity index is 1.80. The highest BCUT2D eigenvalue weighted by Gasteiger charge is 2.53. The van der Waals surface area contributed by atoms with Gasteiger partial charge in [-0.25, -0.2) is 0 Å². The quantitative estimate of drug-likeness (QED) is 0.661. The molecule has 1 heterocycles. The van der Waals surface area contributed by atoms with Crippen LogP contribution in [0.2, 0.25) is 0 Å². The third kappa shape index (κ3) is 2.09. The van der Waals surface area contributed by atoms with Crippen molar-refractivity contribution >= 4 is 11.7 Å². The molecule has 3 atom stereocenters. The van der Waals surface area contributed by atoms with Crippen molar-refractivity contribution in [3.8, 4) is 5.75 Å². The molecule has 1 aromatic rings. The Kier molecular flexibility index (Phi) is 2.84. The fourth-order valence-electron chi connectivity index (χ4n) is 2.23. The van der Waals surface area contributed by atoms with Crippen LogP contribution in [0.3, 0.4) is 0 Å². The molecule has 2 aliphatic rings. The maximum Gasteiger partial charge on any atom is 0.259 e. The summed E-state index contributed by atoms with van der Waals surface area (Å²) >= 11 is 0. The molecule has 0 spiro atoms. The summed E-state index contributed by atoms with van der Waals surface area (Å²) in [5.74, 6) is -1.01. The first-order chi connectivity index (χ1) is 9.47. The molecule has 3 rings (SSSR count). The van der Waals surface area contributed by atoms with Crippen molar-refractivity contribution in [3.63, 3.8) is 0 Å². The van der Waals surface area contributed by atoms with Crippen molar-refractivity contribution in [1.82, 2.24) is 5.32 Å². The largest absolute Gasteiger partial charge is 0.507 e. The summed E-state index contributed by atoms with van der Waals surface area (Å²) in [4.78, 5) is 23.6. The van der Waals surface area contributed by atoms with Crippen LogP contribution in [-0.4, -0.2) is 40.2 Å². The first kappa shape index (κ1) is 12.8. The van der Waals surface area contributed by atoms with E-state index >= 15 is 0 Å². The second-order valence-electron chi connectivity index (χ2n) is 4.94. The number of aryl methyl sites for hydroxylation is 1. The molecule has 3 N–H and O–H groups in total. The number of carbonyl (C=O) groups excluding carboxylic acids is 2. The monoisotopic (exact) mass is 275 g/mol. The third-order valence-corrected chi connectivity index (χ3v) is 3.39. The van der Waals surface area contributed by atoms with Gasteiger partial charge in [-0.05, 0) is 24.6 Å².